The average Bonchev–Trinajstić information content (AvgIpc) is 2.64. The molecule has 0 aliphatic carbocycles. The summed E-state index contributed by atoms with van der Waals surface area (Å²) < 4.78 is 6.49. The lowest BCUT2D eigenvalue weighted by atomic mass is 10.3. The van der Waals surface area contributed by atoms with E-state index in [1.54, 1.807) is 42.6 Å². The van der Waals surface area contributed by atoms with Crippen molar-refractivity contribution in [3.8, 4) is 5.69 Å². The summed E-state index contributed by atoms with van der Waals surface area (Å²) in [6, 6.07) is 10.4. The van der Waals surface area contributed by atoms with E-state index in [1.165, 1.54) is 4.57 Å². The highest BCUT2D eigenvalue weighted by Gasteiger charge is 2.11. The normalized spacial score (nSPS) is 10.9. The molecule has 0 amide bonds. The van der Waals surface area contributed by atoms with E-state index < -0.39 is 5.76 Å². The minimum atomic E-state index is -0.471. The van der Waals surface area contributed by atoms with Crippen LogP contribution < -0.4 is 5.76 Å². The van der Waals surface area contributed by atoms with E-state index >= 15 is 0 Å². The van der Waals surface area contributed by atoms with Gasteiger partial charge in [-0.05, 0) is 30.3 Å². The van der Waals surface area contributed by atoms with E-state index in [0.717, 1.165) is 0 Å². The van der Waals surface area contributed by atoms with Gasteiger partial charge in [-0.3, -0.25) is 0 Å². The maximum atomic E-state index is 11.8. The van der Waals surface area contributed by atoms with E-state index in [1.807, 2.05) is 0 Å². The zero-order valence-corrected chi connectivity index (χ0v) is 9.39. The fraction of sp³-hybridized carbons (Fsp3) is 0. The van der Waals surface area contributed by atoms with E-state index in [0.29, 0.717) is 21.9 Å². The first-order valence-corrected chi connectivity index (χ1v) is 5.36. The van der Waals surface area contributed by atoms with Gasteiger partial charge in [0.1, 0.15) is 0 Å². The maximum absolute atomic E-state index is 11.8. The van der Waals surface area contributed by atoms with Gasteiger partial charge in [-0.25, -0.2) is 14.3 Å². The summed E-state index contributed by atoms with van der Waals surface area (Å²) >= 11 is 5.90. The number of pyridine rings is 1. The Hall–Kier alpha value is -2.07. The Morgan fingerprint density at radius 2 is 2.12 bits per heavy atom. The Labute approximate surface area is 101 Å². The number of oxazole rings is 1. The van der Waals surface area contributed by atoms with Gasteiger partial charge in [0.2, 0.25) is 0 Å². The van der Waals surface area contributed by atoms with Crippen molar-refractivity contribution in [2.45, 2.75) is 0 Å². The molecule has 0 saturated heterocycles. The van der Waals surface area contributed by atoms with Gasteiger partial charge in [-0.2, -0.15) is 0 Å². The molecule has 2 heterocycles. The lowest BCUT2D eigenvalue weighted by Gasteiger charge is -2.00. The van der Waals surface area contributed by atoms with Crippen molar-refractivity contribution in [2.24, 2.45) is 0 Å². The molecule has 5 heteroatoms. The van der Waals surface area contributed by atoms with Gasteiger partial charge in [0, 0.05) is 11.2 Å². The summed E-state index contributed by atoms with van der Waals surface area (Å²) in [4.78, 5) is 15.9. The van der Waals surface area contributed by atoms with Crippen LogP contribution in [0.15, 0.2) is 51.8 Å². The zero-order chi connectivity index (χ0) is 11.8. The third-order valence-electron chi connectivity index (χ3n) is 2.41. The van der Waals surface area contributed by atoms with E-state index in [9.17, 15) is 4.79 Å². The van der Waals surface area contributed by atoms with Crippen molar-refractivity contribution in [3.63, 3.8) is 0 Å². The Morgan fingerprint density at radius 1 is 1.24 bits per heavy atom. The highest BCUT2D eigenvalue weighted by molar-refractivity contribution is 6.30. The van der Waals surface area contributed by atoms with Crippen molar-refractivity contribution in [3.05, 3.63) is 58.2 Å². The van der Waals surface area contributed by atoms with Crippen LogP contribution in [0, 0.1) is 0 Å². The van der Waals surface area contributed by atoms with E-state index in [-0.39, 0.29) is 0 Å². The SMILES string of the molecule is O=c1oc2cccnc2n1-c1cccc(Cl)c1. The predicted molar refractivity (Wildman–Crippen MR) is 64.6 cm³/mol. The standard InChI is InChI=1S/C12H7ClN2O2/c13-8-3-1-4-9(7-8)15-11-10(17-12(15)16)5-2-6-14-11/h1-7H. The third-order valence-corrected chi connectivity index (χ3v) is 2.64. The minimum absolute atomic E-state index is 0.456. The van der Waals surface area contributed by atoms with Gasteiger partial charge in [0.05, 0.1) is 5.69 Å². The minimum Gasteiger partial charge on any atom is -0.406 e. The monoisotopic (exact) mass is 246 g/mol. The molecule has 3 aromatic rings. The number of rotatable bonds is 1. The van der Waals surface area contributed by atoms with Crippen LogP contribution in [0.5, 0.6) is 0 Å². The first kappa shape index (κ1) is 10.1. The van der Waals surface area contributed by atoms with Crippen LogP contribution in [0.4, 0.5) is 0 Å². The lowest BCUT2D eigenvalue weighted by Crippen LogP contribution is -2.12. The van der Waals surface area contributed by atoms with E-state index in [2.05, 4.69) is 4.98 Å². The van der Waals surface area contributed by atoms with Gasteiger partial charge >= 0.3 is 5.76 Å². The summed E-state index contributed by atoms with van der Waals surface area (Å²) in [6.07, 6.45) is 1.61. The van der Waals surface area contributed by atoms with Crippen LogP contribution in [0.25, 0.3) is 16.9 Å². The molecule has 0 saturated carbocycles. The van der Waals surface area contributed by atoms with Gasteiger partial charge in [-0.1, -0.05) is 17.7 Å². The predicted octanol–water partition coefficient (Wildman–Crippen LogP) is 2.63. The summed E-state index contributed by atoms with van der Waals surface area (Å²) in [5.41, 5.74) is 1.58. The molecule has 0 N–H and O–H groups in total. The molecule has 3 rings (SSSR count). The number of nitrogens with zero attached hydrogens (tertiary/aromatic N) is 2. The largest absolute Gasteiger partial charge is 0.425 e. The molecule has 4 nitrogen and oxygen atoms in total. The molecule has 1 aromatic carbocycles. The lowest BCUT2D eigenvalue weighted by molar-refractivity contribution is 0.540. The number of fused-ring (bicyclic) bond motifs is 1. The molecule has 17 heavy (non-hydrogen) atoms. The molecule has 0 fully saturated rings. The fourth-order valence-corrected chi connectivity index (χ4v) is 1.88. The third kappa shape index (κ3) is 1.62. The van der Waals surface area contributed by atoms with Gasteiger partial charge < -0.3 is 4.42 Å². The van der Waals surface area contributed by atoms with Crippen molar-refractivity contribution in [2.75, 3.05) is 0 Å². The highest BCUT2D eigenvalue weighted by Crippen LogP contribution is 2.17. The van der Waals surface area contributed by atoms with Crippen molar-refractivity contribution < 1.29 is 4.42 Å². The Morgan fingerprint density at radius 3 is 2.94 bits per heavy atom. The summed E-state index contributed by atoms with van der Waals surface area (Å²) in [5.74, 6) is -0.471. The molecule has 0 spiro atoms. The van der Waals surface area contributed by atoms with Crippen LogP contribution in [0.1, 0.15) is 0 Å². The topological polar surface area (TPSA) is 48.0 Å². The average molecular weight is 247 g/mol. The molecule has 2 aromatic heterocycles. The molecule has 0 bridgehead atoms. The molecule has 84 valence electrons. The number of halogens is 1. The Bertz CT molecular complexity index is 745. The molecule has 0 atom stereocenters. The molecular formula is C12H7ClN2O2. The second-order valence-corrected chi connectivity index (χ2v) is 3.94. The molecule has 0 unspecified atom stereocenters. The second-order valence-electron chi connectivity index (χ2n) is 3.51. The van der Waals surface area contributed by atoms with Crippen LogP contribution in [-0.2, 0) is 0 Å². The highest BCUT2D eigenvalue weighted by atomic mass is 35.5. The molecule has 0 aliphatic rings. The zero-order valence-electron chi connectivity index (χ0n) is 8.63. The van der Waals surface area contributed by atoms with Gasteiger partial charge in [-0.15, -0.1) is 0 Å². The van der Waals surface area contributed by atoms with E-state index in [4.69, 9.17) is 16.0 Å². The summed E-state index contributed by atoms with van der Waals surface area (Å²) in [5, 5.41) is 0.555. The Balaban J connectivity index is 2.37. The maximum Gasteiger partial charge on any atom is 0.425 e. The summed E-state index contributed by atoms with van der Waals surface area (Å²) in [6.45, 7) is 0. The van der Waals surface area contributed by atoms with Crippen LogP contribution >= 0.6 is 11.6 Å². The number of hydrogen-bond donors (Lipinski definition) is 0. The smallest absolute Gasteiger partial charge is 0.406 e. The van der Waals surface area contributed by atoms with Gasteiger partial charge in [0.15, 0.2) is 11.2 Å². The van der Waals surface area contributed by atoms with Crippen LogP contribution in [0.3, 0.4) is 0 Å². The van der Waals surface area contributed by atoms with Crippen molar-refractivity contribution >= 4 is 22.8 Å². The second kappa shape index (κ2) is 3.75. The first-order valence-electron chi connectivity index (χ1n) is 4.98. The number of hydrogen-bond acceptors (Lipinski definition) is 3. The fourth-order valence-electron chi connectivity index (χ4n) is 1.70. The molecular weight excluding hydrogens is 240 g/mol. The van der Waals surface area contributed by atoms with Crippen molar-refractivity contribution in [1.29, 1.82) is 0 Å². The van der Waals surface area contributed by atoms with Gasteiger partial charge in [0.25, 0.3) is 0 Å². The molecule has 0 aliphatic heterocycles. The number of benzene rings is 1. The summed E-state index contributed by atoms with van der Waals surface area (Å²) in [7, 11) is 0. The van der Waals surface area contributed by atoms with Crippen LogP contribution in [-0.4, -0.2) is 9.55 Å². The number of aromatic nitrogens is 2. The quantitative estimate of drug-likeness (QED) is 0.663. The van der Waals surface area contributed by atoms with Crippen LogP contribution in [0.2, 0.25) is 5.02 Å². The Kier molecular flexibility index (Phi) is 2.23. The van der Waals surface area contributed by atoms with Crippen molar-refractivity contribution in [1.82, 2.24) is 9.55 Å². The first-order chi connectivity index (χ1) is 8.25. The molecule has 0 radical (unpaired) electrons.